The molecule has 0 saturated heterocycles. The number of benzene rings is 1. The Kier molecular flexibility index (Phi) is 4.93. The maximum Gasteiger partial charge on any atom is 0.123 e. The standard InChI is InChI=1S/C13H19BrFN/c1-4-13(2,9-16-3)8-10-7-11(15)5-6-12(10)14/h5-7,16H,4,8-9H2,1-3H3. The van der Waals surface area contributed by atoms with Crippen LogP contribution >= 0.6 is 15.9 Å². The monoisotopic (exact) mass is 287 g/mol. The molecular formula is C13H19BrFN. The third kappa shape index (κ3) is 3.56. The molecule has 0 amide bonds. The molecule has 1 aromatic carbocycles. The third-order valence-corrected chi connectivity index (χ3v) is 3.86. The maximum atomic E-state index is 13.2. The van der Waals surface area contributed by atoms with Gasteiger partial charge in [-0.3, -0.25) is 0 Å². The highest BCUT2D eigenvalue weighted by molar-refractivity contribution is 9.10. The van der Waals surface area contributed by atoms with Crippen LogP contribution in [0.1, 0.15) is 25.8 Å². The van der Waals surface area contributed by atoms with E-state index in [4.69, 9.17) is 0 Å². The fraction of sp³-hybridized carbons (Fsp3) is 0.538. The van der Waals surface area contributed by atoms with Crippen LogP contribution in [0.25, 0.3) is 0 Å². The average Bonchev–Trinajstić information content (AvgIpc) is 2.24. The Bertz CT molecular complexity index is 354. The molecule has 1 rings (SSSR count). The van der Waals surface area contributed by atoms with Crippen molar-refractivity contribution in [1.29, 1.82) is 0 Å². The maximum absolute atomic E-state index is 13.2. The first-order valence-electron chi connectivity index (χ1n) is 5.59. The van der Waals surface area contributed by atoms with Crippen molar-refractivity contribution in [2.75, 3.05) is 13.6 Å². The second-order valence-corrected chi connectivity index (χ2v) is 5.46. The van der Waals surface area contributed by atoms with Crippen LogP contribution in [0.15, 0.2) is 22.7 Å². The Morgan fingerprint density at radius 2 is 2.12 bits per heavy atom. The van der Waals surface area contributed by atoms with Crippen molar-refractivity contribution in [1.82, 2.24) is 5.32 Å². The summed E-state index contributed by atoms with van der Waals surface area (Å²) in [7, 11) is 1.95. The van der Waals surface area contributed by atoms with Crippen molar-refractivity contribution in [3.8, 4) is 0 Å². The van der Waals surface area contributed by atoms with Gasteiger partial charge in [-0.15, -0.1) is 0 Å². The van der Waals surface area contributed by atoms with Crippen LogP contribution in [0, 0.1) is 11.2 Å². The van der Waals surface area contributed by atoms with Gasteiger partial charge in [0.15, 0.2) is 0 Å². The largest absolute Gasteiger partial charge is 0.319 e. The van der Waals surface area contributed by atoms with Gasteiger partial charge in [-0.2, -0.15) is 0 Å². The Morgan fingerprint density at radius 3 is 2.69 bits per heavy atom. The summed E-state index contributed by atoms with van der Waals surface area (Å²) in [6.07, 6.45) is 1.94. The summed E-state index contributed by atoms with van der Waals surface area (Å²) in [6, 6.07) is 4.88. The smallest absolute Gasteiger partial charge is 0.123 e. The first-order valence-corrected chi connectivity index (χ1v) is 6.38. The molecule has 0 aliphatic carbocycles. The van der Waals surface area contributed by atoms with Crippen molar-refractivity contribution in [2.45, 2.75) is 26.7 Å². The van der Waals surface area contributed by atoms with Gasteiger partial charge in [0.1, 0.15) is 5.82 Å². The van der Waals surface area contributed by atoms with Gasteiger partial charge in [0.25, 0.3) is 0 Å². The predicted molar refractivity (Wildman–Crippen MR) is 70.1 cm³/mol. The third-order valence-electron chi connectivity index (χ3n) is 3.08. The van der Waals surface area contributed by atoms with Gasteiger partial charge in [0, 0.05) is 11.0 Å². The molecule has 1 atom stereocenters. The van der Waals surface area contributed by atoms with Crippen LogP contribution in [0.5, 0.6) is 0 Å². The average molecular weight is 288 g/mol. The quantitative estimate of drug-likeness (QED) is 0.869. The minimum Gasteiger partial charge on any atom is -0.319 e. The molecule has 0 radical (unpaired) electrons. The lowest BCUT2D eigenvalue weighted by Crippen LogP contribution is -2.31. The molecule has 0 aliphatic heterocycles. The van der Waals surface area contributed by atoms with Gasteiger partial charge in [-0.25, -0.2) is 4.39 Å². The van der Waals surface area contributed by atoms with E-state index in [1.165, 1.54) is 6.07 Å². The van der Waals surface area contributed by atoms with E-state index in [0.29, 0.717) is 0 Å². The van der Waals surface area contributed by atoms with E-state index < -0.39 is 0 Å². The summed E-state index contributed by atoms with van der Waals surface area (Å²) in [5.74, 6) is -0.166. The number of hydrogen-bond acceptors (Lipinski definition) is 1. The first-order chi connectivity index (χ1) is 7.50. The van der Waals surface area contributed by atoms with Crippen LogP contribution in [0.2, 0.25) is 0 Å². The van der Waals surface area contributed by atoms with E-state index in [0.717, 1.165) is 29.4 Å². The molecule has 0 spiro atoms. The van der Waals surface area contributed by atoms with E-state index >= 15 is 0 Å². The zero-order valence-corrected chi connectivity index (χ0v) is 11.7. The summed E-state index contributed by atoms with van der Waals surface area (Å²) < 4.78 is 14.2. The van der Waals surface area contributed by atoms with Gasteiger partial charge >= 0.3 is 0 Å². The van der Waals surface area contributed by atoms with Gasteiger partial charge in [-0.05, 0) is 49.1 Å². The van der Waals surface area contributed by atoms with Gasteiger partial charge in [-0.1, -0.05) is 29.8 Å². The SMILES string of the molecule is CCC(C)(CNC)Cc1cc(F)ccc1Br. The molecular weight excluding hydrogens is 269 g/mol. The minimum atomic E-state index is -0.166. The van der Waals surface area contributed by atoms with Crippen LogP contribution in [-0.2, 0) is 6.42 Å². The molecule has 1 unspecified atom stereocenters. The Balaban J connectivity index is 2.89. The van der Waals surface area contributed by atoms with Crippen LogP contribution in [-0.4, -0.2) is 13.6 Å². The van der Waals surface area contributed by atoms with Crippen LogP contribution in [0.4, 0.5) is 4.39 Å². The number of halogens is 2. The lowest BCUT2D eigenvalue weighted by atomic mass is 9.81. The summed E-state index contributed by atoms with van der Waals surface area (Å²) in [5, 5.41) is 3.20. The highest BCUT2D eigenvalue weighted by atomic mass is 79.9. The van der Waals surface area contributed by atoms with Crippen molar-refractivity contribution in [3.63, 3.8) is 0 Å². The van der Waals surface area contributed by atoms with Gasteiger partial charge in [0.2, 0.25) is 0 Å². The zero-order chi connectivity index (χ0) is 12.2. The van der Waals surface area contributed by atoms with Gasteiger partial charge in [0.05, 0.1) is 0 Å². The van der Waals surface area contributed by atoms with E-state index in [1.54, 1.807) is 12.1 Å². The van der Waals surface area contributed by atoms with E-state index in [2.05, 4.69) is 35.1 Å². The summed E-state index contributed by atoms with van der Waals surface area (Å²) in [4.78, 5) is 0. The van der Waals surface area contributed by atoms with Crippen LogP contribution < -0.4 is 5.32 Å². The Morgan fingerprint density at radius 1 is 1.44 bits per heavy atom. The molecule has 1 N–H and O–H groups in total. The summed E-state index contributed by atoms with van der Waals surface area (Å²) in [6.45, 7) is 5.33. The Hall–Kier alpha value is -0.410. The summed E-state index contributed by atoms with van der Waals surface area (Å²) in [5.41, 5.74) is 1.21. The first kappa shape index (κ1) is 13.7. The van der Waals surface area contributed by atoms with Gasteiger partial charge < -0.3 is 5.32 Å². The number of nitrogens with one attached hydrogen (secondary N) is 1. The number of rotatable bonds is 5. The highest BCUT2D eigenvalue weighted by Crippen LogP contribution is 2.29. The predicted octanol–water partition coefficient (Wildman–Crippen LogP) is 3.77. The van der Waals surface area contributed by atoms with Crippen LogP contribution in [0.3, 0.4) is 0 Å². The molecule has 3 heteroatoms. The Labute approximate surface area is 106 Å². The molecule has 1 aromatic rings. The van der Waals surface area contributed by atoms with Crippen molar-refractivity contribution in [3.05, 3.63) is 34.1 Å². The fourth-order valence-electron chi connectivity index (χ4n) is 1.88. The molecule has 0 saturated carbocycles. The minimum absolute atomic E-state index is 0.166. The number of hydrogen-bond donors (Lipinski definition) is 1. The second-order valence-electron chi connectivity index (χ2n) is 4.61. The molecule has 0 aliphatic rings. The zero-order valence-electron chi connectivity index (χ0n) is 10.1. The molecule has 0 aromatic heterocycles. The molecule has 90 valence electrons. The molecule has 0 bridgehead atoms. The highest BCUT2D eigenvalue weighted by Gasteiger charge is 2.22. The molecule has 16 heavy (non-hydrogen) atoms. The topological polar surface area (TPSA) is 12.0 Å². The fourth-order valence-corrected chi connectivity index (χ4v) is 2.26. The summed E-state index contributed by atoms with van der Waals surface area (Å²) >= 11 is 3.48. The second kappa shape index (κ2) is 5.78. The van der Waals surface area contributed by atoms with E-state index in [-0.39, 0.29) is 11.2 Å². The van der Waals surface area contributed by atoms with Crippen molar-refractivity contribution >= 4 is 15.9 Å². The lowest BCUT2D eigenvalue weighted by Gasteiger charge is -2.28. The van der Waals surface area contributed by atoms with E-state index in [9.17, 15) is 4.39 Å². The van der Waals surface area contributed by atoms with E-state index in [1.807, 2.05) is 7.05 Å². The molecule has 0 fully saturated rings. The lowest BCUT2D eigenvalue weighted by molar-refractivity contribution is 0.298. The molecule has 0 heterocycles. The van der Waals surface area contributed by atoms with Crippen molar-refractivity contribution < 1.29 is 4.39 Å². The molecule has 1 nitrogen and oxygen atoms in total. The van der Waals surface area contributed by atoms with Crippen molar-refractivity contribution in [2.24, 2.45) is 5.41 Å². The normalized spacial score (nSPS) is 14.8.